The summed E-state index contributed by atoms with van der Waals surface area (Å²) in [5.74, 6) is 0.168. The van der Waals surface area contributed by atoms with Gasteiger partial charge in [-0.3, -0.25) is 4.79 Å². The maximum Gasteiger partial charge on any atom is 0.240 e. The normalized spacial score (nSPS) is 10.5. The Morgan fingerprint density at radius 3 is 2.45 bits per heavy atom. The maximum atomic E-state index is 12.3. The first-order chi connectivity index (χ1) is 9.79. The van der Waals surface area contributed by atoms with E-state index in [0.717, 1.165) is 31.6 Å². The first-order valence-corrected chi connectivity index (χ1v) is 7.85. The van der Waals surface area contributed by atoms with Gasteiger partial charge in [0.15, 0.2) is 0 Å². The standard InChI is InChI=1S/C17H28N2O/c1-3-5-6-10-14-19(16-11-8-7-9-12-16)17(20)15-18-13-4-2/h7-9,11-12,18H,3-6,10,13-15H2,1-2H3. The predicted molar refractivity (Wildman–Crippen MR) is 86.1 cm³/mol. The third-order valence-electron chi connectivity index (χ3n) is 3.31. The summed E-state index contributed by atoms with van der Waals surface area (Å²) < 4.78 is 0. The second-order valence-corrected chi connectivity index (χ2v) is 5.12. The molecule has 0 aromatic heterocycles. The summed E-state index contributed by atoms with van der Waals surface area (Å²) in [4.78, 5) is 14.3. The van der Waals surface area contributed by atoms with E-state index >= 15 is 0 Å². The van der Waals surface area contributed by atoms with E-state index in [9.17, 15) is 4.79 Å². The van der Waals surface area contributed by atoms with Gasteiger partial charge < -0.3 is 10.2 Å². The van der Waals surface area contributed by atoms with E-state index in [2.05, 4.69) is 19.2 Å². The molecule has 0 spiro atoms. The van der Waals surface area contributed by atoms with Crippen molar-refractivity contribution in [2.24, 2.45) is 0 Å². The van der Waals surface area contributed by atoms with Crippen LogP contribution in [0.1, 0.15) is 46.0 Å². The molecule has 0 saturated heterocycles. The Hall–Kier alpha value is -1.35. The number of carbonyl (C=O) groups is 1. The van der Waals surface area contributed by atoms with Crippen LogP contribution in [0.4, 0.5) is 5.69 Å². The van der Waals surface area contributed by atoms with E-state index in [1.54, 1.807) is 0 Å². The highest BCUT2D eigenvalue weighted by Gasteiger charge is 2.14. The van der Waals surface area contributed by atoms with Gasteiger partial charge in [0.1, 0.15) is 0 Å². The zero-order valence-electron chi connectivity index (χ0n) is 12.9. The largest absolute Gasteiger partial charge is 0.311 e. The third-order valence-corrected chi connectivity index (χ3v) is 3.31. The molecule has 0 aliphatic rings. The molecule has 1 N–H and O–H groups in total. The van der Waals surface area contributed by atoms with Crippen molar-refractivity contribution in [2.75, 3.05) is 24.5 Å². The number of anilines is 1. The SMILES string of the molecule is CCCCCCN(C(=O)CNCCC)c1ccccc1. The van der Waals surface area contributed by atoms with Crippen LogP contribution < -0.4 is 10.2 Å². The fraction of sp³-hybridized carbons (Fsp3) is 0.588. The second-order valence-electron chi connectivity index (χ2n) is 5.12. The molecule has 1 aromatic rings. The van der Waals surface area contributed by atoms with E-state index < -0.39 is 0 Å². The third kappa shape index (κ3) is 6.20. The van der Waals surface area contributed by atoms with Crippen molar-refractivity contribution in [1.29, 1.82) is 0 Å². The van der Waals surface area contributed by atoms with Crippen LogP contribution in [0.5, 0.6) is 0 Å². The number of carbonyl (C=O) groups excluding carboxylic acids is 1. The van der Waals surface area contributed by atoms with Gasteiger partial charge in [-0.25, -0.2) is 0 Å². The lowest BCUT2D eigenvalue weighted by atomic mass is 10.2. The molecule has 0 radical (unpaired) electrons. The van der Waals surface area contributed by atoms with Gasteiger partial charge in [0.25, 0.3) is 0 Å². The van der Waals surface area contributed by atoms with Crippen LogP contribution in [-0.2, 0) is 4.79 Å². The smallest absolute Gasteiger partial charge is 0.240 e. The Kier molecular flexibility index (Phi) is 8.72. The monoisotopic (exact) mass is 276 g/mol. The van der Waals surface area contributed by atoms with Crippen molar-refractivity contribution >= 4 is 11.6 Å². The number of benzene rings is 1. The Morgan fingerprint density at radius 1 is 1.05 bits per heavy atom. The van der Waals surface area contributed by atoms with E-state index in [0.29, 0.717) is 6.54 Å². The number of rotatable bonds is 10. The van der Waals surface area contributed by atoms with Gasteiger partial charge in [-0.15, -0.1) is 0 Å². The van der Waals surface area contributed by atoms with Crippen LogP contribution >= 0.6 is 0 Å². The summed E-state index contributed by atoms with van der Waals surface area (Å²) in [6.45, 7) is 6.45. The summed E-state index contributed by atoms with van der Waals surface area (Å²) in [6.07, 6.45) is 5.77. The van der Waals surface area contributed by atoms with Crippen LogP contribution in [0.2, 0.25) is 0 Å². The Bertz CT molecular complexity index is 365. The van der Waals surface area contributed by atoms with E-state index in [-0.39, 0.29) is 5.91 Å². The number of amides is 1. The van der Waals surface area contributed by atoms with Crippen LogP contribution in [0.3, 0.4) is 0 Å². The summed E-state index contributed by atoms with van der Waals surface area (Å²) in [7, 11) is 0. The van der Waals surface area contributed by atoms with Crippen LogP contribution in [0, 0.1) is 0 Å². The quantitative estimate of drug-likeness (QED) is 0.662. The predicted octanol–water partition coefficient (Wildman–Crippen LogP) is 3.60. The van der Waals surface area contributed by atoms with E-state index in [1.165, 1.54) is 19.3 Å². The molecule has 0 atom stereocenters. The average Bonchev–Trinajstić information content (AvgIpc) is 2.48. The molecule has 3 nitrogen and oxygen atoms in total. The van der Waals surface area contributed by atoms with Gasteiger partial charge in [-0.2, -0.15) is 0 Å². The highest BCUT2D eigenvalue weighted by Crippen LogP contribution is 2.15. The molecule has 20 heavy (non-hydrogen) atoms. The highest BCUT2D eigenvalue weighted by atomic mass is 16.2. The van der Waals surface area contributed by atoms with Crippen molar-refractivity contribution in [3.8, 4) is 0 Å². The maximum absolute atomic E-state index is 12.3. The second kappa shape index (κ2) is 10.4. The molecule has 3 heteroatoms. The fourth-order valence-corrected chi connectivity index (χ4v) is 2.17. The molecule has 1 amide bonds. The minimum atomic E-state index is 0.168. The average molecular weight is 276 g/mol. The number of nitrogens with one attached hydrogen (secondary N) is 1. The molecule has 0 unspecified atom stereocenters. The number of hydrogen-bond donors (Lipinski definition) is 1. The van der Waals surface area contributed by atoms with Crippen molar-refractivity contribution < 1.29 is 4.79 Å². The van der Waals surface area contributed by atoms with Crippen LogP contribution in [-0.4, -0.2) is 25.5 Å². The molecule has 1 aromatic carbocycles. The zero-order valence-corrected chi connectivity index (χ0v) is 12.9. The molecule has 0 fully saturated rings. The van der Waals surface area contributed by atoms with Gasteiger partial charge in [-0.05, 0) is 31.5 Å². The van der Waals surface area contributed by atoms with Gasteiger partial charge in [0.05, 0.1) is 6.54 Å². The number of hydrogen-bond acceptors (Lipinski definition) is 2. The molecule has 0 aliphatic heterocycles. The van der Waals surface area contributed by atoms with Gasteiger partial charge in [0, 0.05) is 12.2 Å². The summed E-state index contributed by atoms with van der Waals surface area (Å²) in [5, 5.41) is 3.20. The lowest BCUT2D eigenvalue weighted by Gasteiger charge is -2.23. The zero-order chi connectivity index (χ0) is 14.6. The summed E-state index contributed by atoms with van der Waals surface area (Å²) >= 11 is 0. The molecule has 0 heterocycles. The Labute approximate surface area is 123 Å². The molecule has 0 aliphatic carbocycles. The van der Waals surface area contributed by atoms with Gasteiger partial charge in [0.2, 0.25) is 5.91 Å². The highest BCUT2D eigenvalue weighted by molar-refractivity contribution is 5.94. The lowest BCUT2D eigenvalue weighted by molar-refractivity contribution is -0.117. The van der Waals surface area contributed by atoms with Crippen molar-refractivity contribution in [3.05, 3.63) is 30.3 Å². The summed E-state index contributed by atoms with van der Waals surface area (Å²) in [5.41, 5.74) is 1.01. The van der Waals surface area contributed by atoms with Gasteiger partial charge >= 0.3 is 0 Å². The topological polar surface area (TPSA) is 32.3 Å². The fourth-order valence-electron chi connectivity index (χ4n) is 2.17. The minimum absolute atomic E-state index is 0.168. The molecule has 112 valence electrons. The molecule has 0 bridgehead atoms. The van der Waals surface area contributed by atoms with Gasteiger partial charge in [-0.1, -0.05) is 51.3 Å². The molecular formula is C17H28N2O. The van der Waals surface area contributed by atoms with Crippen LogP contribution in [0.15, 0.2) is 30.3 Å². The number of para-hydroxylation sites is 1. The van der Waals surface area contributed by atoms with Crippen molar-refractivity contribution in [2.45, 2.75) is 46.0 Å². The lowest BCUT2D eigenvalue weighted by Crippen LogP contribution is -2.39. The minimum Gasteiger partial charge on any atom is -0.311 e. The number of nitrogens with zero attached hydrogens (tertiary/aromatic N) is 1. The first-order valence-electron chi connectivity index (χ1n) is 7.85. The van der Waals surface area contributed by atoms with Crippen LogP contribution in [0.25, 0.3) is 0 Å². The van der Waals surface area contributed by atoms with Crippen molar-refractivity contribution in [1.82, 2.24) is 5.32 Å². The van der Waals surface area contributed by atoms with Crippen molar-refractivity contribution in [3.63, 3.8) is 0 Å². The Morgan fingerprint density at radius 2 is 1.80 bits per heavy atom. The summed E-state index contributed by atoms with van der Waals surface area (Å²) in [6, 6.07) is 9.98. The first kappa shape index (κ1) is 16.7. The molecule has 1 rings (SSSR count). The molecule has 0 saturated carbocycles. The Balaban J connectivity index is 2.57. The van der Waals surface area contributed by atoms with E-state index in [4.69, 9.17) is 0 Å². The van der Waals surface area contributed by atoms with E-state index in [1.807, 2.05) is 35.2 Å². The number of unbranched alkanes of at least 4 members (excludes halogenated alkanes) is 3. The molecular weight excluding hydrogens is 248 g/mol.